The van der Waals surface area contributed by atoms with E-state index in [0.717, 1.165) is 12.5 Å². The van der Waals surface area contributed by atoms with Crippen LogP contribution in [0.1, 0.15) is 49.3 Å². The van der Waals surface area contributed by atoms with Crippen molar-refractivity contribution in [2.24, 2.45) is 5.92 Å². The molecular weight excluding hydrogens is 198 g/mol. The highest BCUT2D eigenvalue weighted by Gasteiger charge is 2.30. The van der Waals surface area contributed by atoms with Gasteiger partial charge < -0.3 is 10.4 Å². The second-order valence-electron chi connectivity index (χ2n) is 5.14. The topological polar surface area (TPSA) is 32.3 Å². The fourth-order valence-electron chi connectivity index (χ4n) is 3.27. The Balaban J connectivity index is 1.84. The highest BCUT2D eigenvalue weighted by molar-refractivity contribution is 5.39. The van der Waals surface area contributed by atoms with Crippen LogP contribution in [0.25, 0.3) is 0 Å². The van der Waals surface area contributed by atoms with E-state index in [1.165, 1.54) is 43.2 Å². The molecule has 16 heavy (non-hydrogen) atoms. The van der Waals surface area contributed by atoms with E-state index in [2.05, 4.69) is 11.4 Å². The maximum Gasteiger partial charge on any atom is 0.115 e. The van der Waals surface area contributed by atoms with Crippen LogP contribution in [0.5, 0.6) is 5.75 Å². The Morgan fingerprint density at radius 2 is 1.94 bits per heavy atom. The van der Waals surface area contributed by atoms with Gasteiger partial charge in [0.1, 0.15) is 5.75 Å². The molecule has 3 rings (SSSR count). The predicted octanol–water partition coefficient (Wildman–Crippen LogP) is 3.12. The van der Waals surface area contributed by atoms with Gasteiger partial charge in [-0.05, 0) is 42.0 Å². The summed E-state index contributed by atoms with van der Waals surface area (Å²) in [5.74, 6) is 1.20. The number of aromatic hydroxyl groups is 1. The molecule has 0 saturated heterocycles. The minimum atomic E-state index is 0.393. The van der Waals surface area contributed by atoms with Crippen molar-refractivity contribution in [1.29, 1.82) is 0 Å². The third kappa shape index (κ3) is 1.71. The van der Waals surface area contributed by atoms with E-state index in [-0.39, 0.29) is 0 Å². The quantitative estimate of drug-likeness (QED) is 0.757. The average molecular weight is 217 g/mol. The van der Waals surface area contributed by atoms with Crippen molar-refractivity contribution >= 4 is 0 Å². The molecule has 0 spiro atoms. The molecule has 86 valence electrons. The molecule has 1 unspecified atom stereocenters. The van der Waals surface area contributed by atoms with Gasteiger partial charge in [0.2, 0.25) is 0 Å². The summed E-state index contributed by atoms with van der Waals surface area (Å²) in [6, 6.07) is 6.37. The largest absolute Gasteiger partial charge is 0.508 e. The number of benzene rings is 1. The fourth-order valence-corrected chi connectivity index (χ4v) is 3.27. The van der Waals surface area contributed by atoms with E-state index in [4.69, 9.17) is 0 Å². The summed E-state index contributed by atoms with van der Waals surface area (Å²) in [4.78, 5) is 0. The minimum Gasteiger partial charge on any atom is -0.508 e. The first kappa shape index (κ1) is 10.2. The summed E-state index contributed by atoms with van der Waals surface area (Å²) < 4.78 is 0. The van der Waals surface area contributed by atoms with Crippen LogP contribution in [-0.4, -0.2) is 5.11 Å². The smallest absolute Gasteiger partial charge is 0.115 e. The van der Waals surface area contributed by atoms with Crippen molar-refractivity contribution in [2.75, 3.05) is 0 Å². The molecule has 2 heteroatoms. The van der Waals surface area contributed by atoms with Gasteiger partial charge in [-0.3, -0.25) is 0 Å². The lowest BCUT2D eigenvalue weighted by Crippen LogP contribution is -2.23. The van der Waals surface area contributed by atoms with Crippen LogP contribution in [0.2, 0.25) is 0 Å². The van der Waals surface area contributed by atoms with E-state index in [0.29, 0.717) is 11.8 Å². The third-order valence-corrected chi connectivity index (χ3v) is 4.10. The number of rotatable bonds is 1. The van der Waals surface area contributed by atoms with Gasteiger partial charge in [-0.1, -0.05) is 25.3 Å². The third-order valence-electron chi connectivity index (χ3n) is 4.10. The lowest BCUT2D eigenvalue weighted by molar-refractivity contribution is 0.282. The molecule has 0 radical (unpaired) electrons. The zero-order valence-corrected chi connectivity index (χ0v) is 9.58. The van der Waals surface area contributed by atoms with Crippen molar-refractivity contribution in [3.63, 3.8) is 0 Å². The Kier molecular flexibility index (Phi) is 2.60. The Morgan fingerprint density at radius 3 is 2.75 bits per heavy atom. The normalized spacial score (nSPS) is 25.6. The first-order valence-electron chi connectivity index (χ1n) is 6.40. The summed E-state index contributed by atoms with van der Waals surface area (Å²) in [6.45, 7) is 0.922. The van der Waals surface area contributed by atoms with Gasteiger partial charge in [-0.25, -0.2) is 0 Å². The summed E-state index contributed by atoms with van der Waals surface area (Å²) in [7, 11) is 0. The summed E-state index contributed by atoms with van der Waals surface area (Å²) in [5.41, 5.74) is 2.71. The number of hydrogen-bond acceptors (Lipinski definition) is 2. The number of phenols is 1. The maximum absolute atomic E-state index is 9.47. The van der Waals surface area contributed by atoms with Gasteiger partial charge in [-0.15, -0.1) is 0 Å². The Bertz CT molecular complexity index is 382. The maximum atomic E-state index is 9.47. The van der Waals surface area contributed by atoms with Crippen molar-refractivity contribution in [2.45, 2.75) is 44.7 Å². The van der Waals surface area contributed by atoms with E-state index in [9.17, 15) is 5.11 Å². The van der Waals surface area contributed by atoms with Crippen LogP contribution in [0, 0.1) is 5.92 Å². The van der Waals surface area contributed by atoms with Crippen molar-refractivity contribution in [3.8, 4) is 5.75 Å². The summed E-state index contributed by atoms with van der Waals surface area (Å²) in [5, 5.41) is 13.1. The van der Waals surface area contributed by atoms with Crippen molar-refractivity contribution < 1.29 is 5.11 Å². The molecule has 0 aromatic heterocycles. The molecule has 0 amide bonds. The predicted molar refractivity (Wildman–Crippen MR) is 64.3 cm³/mol. The van der Waals surface area contributed by atoms with Crippen LogP contribution in [-0.2, 0) is 6.54 Å². The number of hydrogen-bond donors (Lipinski definition) is 2. The van der Waals surface area contributed by atoms with E-state index in [1.54, 1.807) is 0 Å². The van der Waals surface area contributed by atoms with Crippen LogP contribution in [0.15, 0.2) is 18.2 Å². The molecule has 1 aliphatic heterocycles. The molecule has 1 aromatic rings. The van der Waals surface area contributed by atoms with Gasteiger partial charge in [0.15, 0.2) is 0 Å². The SMILES string of the molecule is Oc1ccc2c(c1)CNC2C1CCCCC1. The zero-order valence-electron chi connectivity index (χ0n) is 9.58. The summed E-state index contributed by atoms with van der Waals surface area (Å²) >= 11 is 0. The zero-order chi connectivity index (χ0) is 11.0. The molecule has 2 N–H and O–H groups in total. The second-order valence-corrected chi connectivity index (χ2v) is 5.14. The van der Waals surface area contributed by atoms with Gasteiger partial charge in [0.05, 0.1) is 0 Å². The lowest BCUT2D eigenvalue weighted by atomic mass is 9.81. The van der Waals surface area contributed by atoms with Crippen molar-refractivity contribution in [1.82, 2.24) is 5.32 Å². The van der Waals surface area contributed by atoms with Crippen LogP contribution >= 0.6 is 0 Å². The molecular formula is C14H19NO. The molecule has 1 saturated carbocycles. The average Bonchev–Trinajstić information content (AvgIpc) is 2.73. The molecule has 1 atom stereocenters. The van der Waals surface area contributed by atoms with Crippen molar-refractivity contribution in [3.05, 3.63) is 29.3 Å². The molecule has 2 aliphatic rings. The van der Waals surface area contributed by atoms with Crippen LogP contribution in [0.3, 0.4) is 0 Å². The van der Waals surface area contributed by atoms with Crippen LogP contribution in [0.4, 0.5) is 0 Å². The van der Waals surface area contributed by atoms with Gasteiger partial charge in [0.25, 0.3) is 0 Å². The Labute approximate surface area is 96.7 Å². The Hall–Kier alpha value is -1.02. The first-order valence-corrected chi connectivity index (χ1v) is 6.40. The molecule has 1 aliphatic carbocycles. The monoisotopic (exact) mass is 217 g/mol. The number of phenolic OH excluding ortho intramolecular Hbond substituents is 1. The van der Waals surface area contributed by atoms with E-state index < -0.39 is 0 Å². The number of fused-ring (bicyclic) bond motifs is 1. The van der Waals surface area contributed by atoms with Crippen LogP contribution < -0.4 is 5.32 Å². The van der Waals surface area contributed by atoms with Gasteiger partial charge in [0, 0.05) is 12.6 Å². The highest BCUT2D eigenvalue weighted by atomic mass is 16.3. The molecule has 1 fully saturated rings. The first-order chi connectivity index (χ1) is 7.84. The molecule has 0 bridgehead atoms. The molecule has 1 aromatic carbocycles. The summed E-state index contributed by atoms with van der Waals surface area (Å²) in [6.07, 6.45) is 6.90. The second kappa shape index (κ2) is 4.10. The van der Waals surface area contributed by atoms with Gasteiger partial charge >= 0.3 is 0 Å². The fraction of sp³-hybridized carbons (Fsp3) is 0.571. The molecule has 2 nitrogen and oxygen atoms in total. The Morgan fingerprint density at radius 1 is 1.12 bits per heavy atom. The molecule has 1 heterocycles. The highest BCUT2D eigenvalue weighted by Crippen LogP contribution is 2.39. The van der Waals surface area contributed by atoms with E-state index in [1.807, 2.05) is 12.1 Å². The lowest BCUT2D eigenvalue weighted by Gasteiger charge is -2.28. The minimum absolute atomic E-state index is 0.393. The standard InChI is InChI=1S/C14H19NO/c16-12-6-7-13-11(8-12)9-15-14(13)10-4-2-1-3-5-10/h6-8,10,14-16H,1-5,9H2. The van der Waals surface area contributed by atoms with E-state index >= 15 is 0 Å². The van der Waals surface area contributed by atoms with Gasteiger partial charge in [-0.2, -0.15) is 0 Å². The number of nitrogens with one attached hydrogen (secondary N) is 1.